The van der Waals surface area contributed by atoms with Gasteiger partial charge in [-0.1, -0.05) is 134 Å². The van der Waals surface area contributed by atoms with E-state index in [4.69, 9.17) is 19.7 Å². The van der Waals surface area contributed by atoms with Crippen LogP contribution in [0.4, 0.5) is 0 Å². The highest BCUT2D eigenvalue weighted by Gasteiger charge is 2.54. The number of allylic oxidation sites excluding steroid dienone is 6. The van der Waals surface area contributed by atoms with Crippen molar-refractivity contribution in [2.24, 2.45) is 0 Å². The van der Waals surface area contributed by atoms with E-state index >= 15 is 0 Å². The maximum atomic E-state index is 7.06. The van der Waals surface area contributed by atoms with Gasteiger partial charge in [0.15, 0.2) is 5.82 Å². The highest BCUT2D eigenvalue weighted by molar-refractivity contribution is 5.89. The van der Waals surface area contributed by atoms with Crippen LogP contribution in [0.2, 0.25) is 0 Å². The van der Waals surface area contributed by atoms with E-state index in [9.17, 15) is 0 Å². The van der Waals surface area contributed by atoms with Crippen LogP contribution in [0.1, 0.15) is 41.8 Å². The van der Waals surface area contributed by atoms with Crippen molar-refractivity contribution in [2.75, 3.05) is 0 Å². The fourth-order valence-corrected chi connectivity index (χ4v) is 8.38. The minimum absolute atomic E-state index is 0.0910. The number of hydrogen-bond acceptors (Lipinski definition) is 4. The van der Waals surface area contributed by atoms with E-state index in [1.54, 1.807) is 0 Å². The van der Waals surface area contributed by atoms with Crippen LogP contribution < -0.4 is 4.74 Å². The van der Waals surface area contributed by atoms with Gasteiger partial charge in [-0.25, -0.2) is 15.0 Å². The van der Waals surface area contributed by atoms with Crippen molar-refractivity contribution in [3.05, 3.63) is 186 Å². The van der Waals surface area contributed by atoms with Crippen LogP contribution in [0.5, 0.6) is 5.75 Å². The molecule has 0 fully saturated rings. The van der Waals surface area contributed by atoms with Crippen molar-refractivity contribution in [3.63, 3.8) is 0 Å². The zero-order chi connectivity index (χ0) is 33.1. The summed E-state index contributed by atoms with van der Waals surface area (Å²) in [6.07, 6.45) is 15.7. The molecule has 0 amide bonds. The Labute approximate surface area is 291 Å². The van der Waals surface area contributed by atoms with Gasteiger partial charge in [-0.15, -0.1) is 0 Å². The van der Waals surface area contributed by atoms with Gasteiger partial charge in [-0.05, 0) is 70.5 Å². The van der Waals surface area contributed by atoms with Gasteiger partial charge in [0.1, 0.15) is 11.9 Å². The van der Waals surface area contributed by atoms with E-state index in [2.05, 4.69) is 134 Å². The molecule has 4 nitrogen and oxygen atoms in total. The Hall–Kier alpha value is -6.13. The zero-order valence-corrected chi connectivity index (χ0v) is 27.5. The van der Waals surface area contributed by atoms with E-state index in [0.717, 1.165) is 75.9 Å². The molecule has 1 atom stereocenters. The lowest BCUT2D eigenvalue weighted by molar-refractivity contribution is 0.206. The minimum atomic E-state index is -0.460. The summed E-state index contributed by atoms with van der Waals surface area (Å²) in [7, 11) is 0. The monoisotopic (exact) mass is 643 g/mol. The Bertz CT molecular complexity index is 2410. The largest absolute Gasteiger partial charge is 0.485 e. The van der Waals surface area contributed by atoms with Gasteiger partial charge in [0.05, 0.1) is 28.2 Å². The topological polar surface area (TPSA) is 47.9 Å². The van der Waals surface area contributed by atoms with Gasteiger partial charge >= 0.3 is 0 Å². The van der Waals surface area contributed by atoms with Crippen LogP contribution in [0.25, 0.3) is 50.6 Å². The summed E-state index contributed by atoms with van der Waals surface area (Å²) in [5, 5.41) is 0. The average Bonchev–Trinajstić information content (AvgIpc) is 3.49. The fourth-order valence-electron chi connectivity index (χ4n) is 8.38. The van der Waals surface area contributed by atoms with E-state index in [1.165, 1.54) is 27.8 Å². The number of fused-ring (bicyclic) bond motifs is 9. The Morgan fingerprint density at radius 3 is 2.04 bits per heavy atom. The van der Waals surface area contributed by atoms with Crippen LogP contribution in [0.15, 0.2) is 163 Å². The second kappa shape index (κ2) is 11.5. The maximum Gasteiger partial charge on any atom is 0.156 e. The Morgan fingerprint density at radius 1 is 0.560 bits per heavy atom. The van der Waals surface area contributed by atoms with Crippen LogP contribution >= 0.6 is 0 Å². The summed E-state index contributed by atoms with van der Waals surface area (Å²) >= 11 is 0. The standard InChI is InChI=1S/C46H33N3O/c1-3-15-30(16-4-1)41-29-42(49-45(48-41)31-17-5-2-6-18-31)40-27-14-26-39(47-40)34-21-13-25-38-44(34)50-43-28-12-11-24-37(43)46(38)35-22-9-7-19-32(35)33-20-8-10-23-36(33)46/h1-5,7-17,19-27,29,43H,6,18,28H2. The minimum Gasteiger partial charge on any atom is -0.485 e. The van der Waals surface area contributed by atoms with Gasteiger partial charge in [-0.2, -0.15) is 0 Å². The third-order valence-electron chi connectivity index (χ3n) is 10.6. The Morgan fingerprint density at radius 2 is 1.24 bits per heavy atom. The van der Waals surface area contributed by atoms with Crippen molar-refractivity contribution in [2.45, 2.75) is 30.8 Å². The first-order valence-electron chi connectivity index (χ1n) is 17.4. The van der Waals surface area contributed by atoms with Gasteiger partial charge < -0.3 is 4.74 Å². The van der Waals surface area contributed by atoms with E-state index in [1.807, 2.05) is 24.3 Å². The van der Waals surface area contributed by atoms with Crippen LogP contribution in [-0.4, -0.2) is 21.1 Å². The molecule has 50 heavy (non-hydrogen) atoms. The number of rotatable bonds is 4. The first kappa shape index (κ1) is 28.8. The molecule has 4 heteroatoms. The van der Waals surface area contributed by atoms with E-state index in [0.29, 0.717) is 0 Å². The summed E-state index contributed by atoms with van der Waals surface area (Å²) in [6.45, 7) is 0. The third kappa shape index (κ3) is 4.35. The second-order valence-corrected chi connectivity index (χ2v) is 13.3. The van der Waals surface area contributed by atoms with Crippen molar-refractivity contribution >= 4 is 5.57 Å². The molecule has 0 saturated carbocycles. The smallest absolute Gasteiger partial charge is 0.156 e. The highest BCUT2D eigenvalue weighted by atomic mass is 16.5. The molecule has 1 unspecified atom stereocenters. The molecule has 4 aliphatic rings. The molecule has 6 aromatic rings. The molecule has 10 rings (SSSR count). The number of benzene rings is 4. The summed E-state index contributed by atoms with van der Waals surface area (Å²) in [4.78, 5) is 15.5. The van der Waals surface area contributed by atoms with Gasteiger partial charge in [-0.3, -0.25) is 0 Å². The summed E-state index contributed by atoms with van der Waals surface area (Å²) < 4.78 is 7.06. The van der Waals surface area contributed by atoms with Crippen molar-refractivity contribution in [1.29, 1.82) is 0 Å². The number of hydrogen-bond donors (Lipinski definition) is 0. The quantitative estimate of drug-likeness (QED) is 0.192. The molecule has 2 aromatic heterocycles. The molecule has 0 saturated heterocycles. The maximum absolute atomic E-state index is 7.06. The molecule has 4 aromatic carbocycles. The fraction of sp³-hybridized carbons (Fsp3) is 0.109. The second-order valence-electron chi connectivity index (χ2n) is 13.3. The van der Waals surface area contributed by atoms with Crippen LogP contribution in [0.3, 0.4) is 0 Å². The molecule has 3 heterocycles. The molecule has 0 radical (unpaired) electrons. The first-order valence-corrected chi connectivity index (χ1v) is 17.4. The number of pyridine rings is 1. The third-order valence-corrected chi connectivity index (χ3v) is 10.6. The molecule has 1 spiro atoms. The molecule has 1 aliphatic heterocycles. The number of para-hydroxylation sites is 1. The highest BCUT2D eigenvalue weighted by Crippen LogP contribution is 2.62. The lowest BCUT2D eigenvalue weighted by Crippen LogP contribution is -2.42. The lowest BCUT2D eigenvalue weighted by Gasteiger charge is -2.45. The van der Waals surface area contributed by atoms with Gasteiger partial charge in [0.25, 0.3) is 0 Å². The summed E-state index contributed by atoms with van der Waals surface area (Å²) in [6, 6.07) is 43.0. The number of aromatic nitrogens is 3. The molecule has 3 aliphatic carbocycles. The summed E-state index contributed by atoms with van der Waals surface area (Å²) in [5.41, 5.74) is 13.7. The number of ether oxygens (including phenoxy) is 1. The summed E-state index contributed by atoms with van der Waals surface area (Å²) in [5.74, 6) is 1.65. The van der Waals surface area contributed by atoms with Crippen molar-refractivity contribution in [3.8, 4) is 50.8 Å². The first-order chi connectivity index (χ1) is 24.8. The average molecular weight is 644 g/mol. The zero-order valence-electron chi connectivity index (χ0n) is 27.5. The van der Waals surface area contributed by atoms with E-state index < -0.39 is 5.41 Å². The predicted molar refractivity (Wildman–Crippen MR) is 201 cm³/mol. The molecular formula is C46H33N3O. The van der Waals surface area contributed by atoms with Crippen molar-refractivity contribution in [1.82, 2.24) is 15.0 Å². The molecular weight excluding hydrogens is 611 g/mol. The predicted octanol–water partition coefficient (Wildman–Crippen LogP) is 10.6. The normalized spacial score (nSPS) is 17.6. The Kier molecular flexibility index (Phi) is 6.63. The Balaban J connectivity index is 1.16. The number of nitrogens with zero attached hydrogens (tertiary/aromatic N) is 3. The van der Waals surface area contributed by atoms with Gasteiger partial charge in [0.2, 0.25) is 0 Å². The van der Waals surface area contributed by atoms with Crippen LogP contribution in [0, 0.1) is 0 Å². The molecule has 0 bridgehead atoms. The lowest BCUT2D eigenvalue weighted by atomic mass is 9.63. The van der Waals surface area contributed by atoms with Crippen molar-refractivity contribution < 1.29 is 4.74 Å². The van der Waals surface area contributed by atoms with Crippen LogP contribution in [-0.2, 0) is 5.41 Å². The van der Waals surface area contributed by atoms with E-state index in [-0.39, 0.29) is 6.10 Å². The molecule has 0 N–H and O–H groups in total. The molecule has 238 valence electrons. The SMILES string of the molecule is C1=CCCC(c2nc(-c3ccccc3)cc(-c3cccc(-c4cccc5c4OC4CC=CC=C4C54c5ccccc5-c5ccccc54)n3)n2)=C1. The van der Waals surface area contributed by atoms with Gasteiger partial charge in [0, 0.05) is 23.1 Å².